The molecule has 18 heteroatoms. The van der Waals surface area contributed by atoms with E-state index in [1.165, 1.54) is 83.9 Å². The summed E-state index contributed by atoms with van der Waals surface area (Å²) in [5.74, 6) is 5.72. The zero-order valence-corrected chi connectivity index (χ0v) is 75.2. The molecule has 6 aromatic heterocycles. The number of aryl methyl sites for hydroxylation is 4. The smallest absolute Gasteiger partial charge is 0.407 e. The van der Waals surface area contributed by atoms with Crippen LogP contribution in [0.2, 0.25) is 0 Å². The number of aromatic nitrogens is 9. The van der Waals surface area contributed by atoms with Crippen molar-refractivity contribution in [1.29, 1.82) is 0 Å². The maximum absolute atomic E-state index is 11.8. The number of imidazole rings is 1. The minimum Gasteiger partial charge on any atom is -0.445 e. The molecule has 6 aromatic carbocycles. The fraction of sp³-hybridized carbons (Fsp3) is 0.412. The van der Waals surface area contributed by atoms with Crippen LogP contribution in [0, 0.1) is 0 Å². The third-order valence-corrected chi connectivity index (χ3v) is 20.5. The Kier molecular flexibility index (Phi) is 40.6. The first kappa shape index (κ1) is 96.1. The Morgan fingerprint density at radius 1 is 0.542 bits per heavy atom. The van der Waals surface area contributed by atoms with Crippen molar-refractivity contribution in [2.24, 2.45) is 19.8 Å². The highest BCUT2D eigenvalue weighted by atomic mass is 16.5. The Morgan fingerprint density at radius 3 is 1.67 bits per heavy atom. The van der Waals surface area contributed by atoms with E-state index in [1.54, 1.807) is 18.7 Å². The number of unbranched alkanes of at least 4 members (excludes halogenated alkanes) is 6. The van der Waals surface area contributed by atoms with Crippen molar-refractivity contribution < 1.29 is 23.2 Å². The zero-order chi connectivity index (χ0) is 86.9. The molecule has 0 aliphatic heterocycles. The third kappa shape index (κ3) is 32.9. The molecule has 6 heterocycles. The van der Waals surface area contributed by atoms with E-state index in [0.717, 1.165) is 119 Å². The van der Waals surface area contributed by atoms with Crippen LogP contribution < -0.4 is 21.7 Å². The van der Waals surface area contributed by atoms with Crippen LogP contribution in [0.4, 0.5) is 4.79 Å². The summed E-state index contributed by atoms with van der Waals surface area (Å²) < 4.78 is 22.5. The van der Waals surface area contributed by atoms with Gasteiger partial charge >= 0.3 is 6.09 Å². The minimum absolute atomic E-state index is 0.178. The van der Waals surface area contributed by atoms with Gasteiger partial charge in [-0.15, -0.1) is 5.10 Å². The Hall–Kier alpha value is -11.1. The van der Waals surface area contributed by atoms with Gasteiger partial charge in [-0.05, 0) is 159 Å². The SMILES string of the molecule is C=C(NCCN)c1ccc(C(C)(C)C)cc1.CC(C)c1cc(-c2cccn2C)nc(-c2cncn2C)c1.CC(C)c1cccc(-c2cnc(CNC(=O)OCc3ccccc3)o2)c1.CCCCCCC(=O)CCc1cccc(C(C)C)c1.CCCCCCNCc1cn(-c2cccc(C(C)C)c2)nn1.CCc1ncc(-c2cccc(C(C)C)c2)o1. The third-order valence-electron chi connectivity index (χ3n) is 20.5. The molecule has 5 N–H and O–H groups in total. The summed E-state index contributed by atoms with van der Waals surface area (Å²) in [7, 11) is 4.04. The topological polar surface area (TPSA) is 224 Å². The molecule has 12 rings (SSSR count). The molecule has 0 saturated carbocycles. The van der Waals surface area contributed by atoms with Crippen LogP contribution in [0.25, 0.3) is 56.8 Å². The molecule has 18 nitrogen and oxygen atoms in total. The second-order valence-electron chi connectivity index (χ2n) is 33.2. The van der Waals surface area contributed by atoms with Gasteiger partial charge in [0.2, 0.25) is 5.89 Å². The van der Waals surface area contributed by atoms with Gasteiger partial charge in [-0.1, -0.05) is 288 Å². The van der Waals surface area contributed by atoms with Gasteiger partial charge in [0.1, 0.15) is 12.4 Å². The van der Waals surface area contributed by atoms with Gasteiger partial charge < -0.3 is 44.4 Å². The molecular weight excluding hydrogens is 1490 g/mol. The van der Waals surface area contributed by atoms with E-state index in [2.05, 4.69) is 284 Å². The minimum atomic E-state index is -0.504. The normalized spacial score (nSPS) is 11.1. The summed E-state index contributed by atoms with van der Waals surface area (Å²) in [5, 5.41) is 17.8. The molecule has 0 atom stereocenters. The zero-order valence-electron chi connectivity index (χ0n) is 75.2. The van der Waals surface area contributed by atoms with Crippen molar-refractivity contribution in [3.05, 3.63) is 287 Å². The summed E-state index contributed by atoms with van der Waals surface area (Å²) in [5.41, 5.74) is 26.1. The standard InChI is InChI=1S/C21H22N2O3.C18H28N4.C18H28O.C17H20N4.C14H22N2.C14H17NO/c1-15(2)17-9-6-10-18(11-17)19-12-22-20(26-19)13-23-21(24)25-14-16-7-4-3-5-8-16;1-4-5-6-7-11-19-13-17-14-22(21-20-17)18-10-8-9-16(12-18)15(2)3;1-4-5-6-7-11-18(19)13-12-16-9-8-10-17(14-16)15(2)3;1-12(2)13-8-14(16-6-5-7-20(16)3)19-15(9-13)17-10-18-11-21(17)4;1-11(16-10-9-15)12-5-7-13(8-6-12)14(2,3)4;1-4-14-15-9-13(16-14)12-7-5-6-11(8-12)10(2)3/h3-12,15H,13-14H2,1-2H3,(H,23,24);8-10,12,14-15,19H,4-7,11,13H2,1-3H3;8-10,14-15H,4-7,11-13H2,1-3H3;5-12H,1-4H3;5-8,16H,1,9-10,15H2,2-4H3;5-10H,4H2,1-3H3. The molecule has 0 saturated heterocycles. The van der Waals surface area contributed by atoms with Gasteiger partial charge in [0, 0.05) is 76.0 Å². The van der Waals surface area contributed by atoms with Gasteiger partial charge in [0.15, 0.2) is 17.4 Å². The summed E-state index contributed by atoms with van der Waals surface area (Å²) in [4.78, 5) is 41.1. The number of Topliss-reactive ketones (excluding diaryl/α,β-unsaturated/α-hetero) is 1. The monoisotopic (exact) mass is 1620 g/mol. The van der Waals surface area contributed by atoms with E-state index in [-0.39, 0.29) is 18.6 Å². The van der Waals surface area contributed by atoms with Crippen LogP contribution in [-0.4, -0.2) is 75.6 Å². The average Bonchev–Trinajstić information content (AvgIpc) is 1.59. The lowest BCUT2D eigenvalue weighted by Gasteiger charge is -2.19. The molecule has 0 spiro atoms. The molecule has 0 aliphatic carbocycles. The van der Waals surface area contributed by atoms with Gasteiger partial charge in [-0.25, -0.2) is 29.4 Å². The molecule has 0 radical (unpaired) electrons. The summed E-state index contributed by atoms with van der Waals surface area (Å²) in [6, 6.07) is 60.3. The maximum Gasteiger partial charge on any atom is 0.407 e. The largest absolute Gasteiger partial charge is 0.445 e. The number of carbonyl (C=O) groups is 2. The van der Waals surface area contributed by atoms with Gasteiger partial charge in [0.25, 0.3) is 0 Å². The predicted molar refractivity (Wildman–Crippen MR) is 495 cm³/mol. The number of ketones is 1. The van der Waals surface area contributed by atoms with Crippen molar-refractivity contribution >= 4 is 17.6 Å². The number of nitrogens with two attached hydrogens (primary N) is 1. The number of benzene rings is 6. The van der Waals surface area contributed by atoms with Crippen molar-refractivity contribution in [2.45, 2.75) is 243 Å². The number of hydrogen-bond acceptors (Lipinski definition) is 14. The molecule has 0 fully saturated rings. The highest BCUT2D eigenvalue weighted by Gasteiger charge is 2.17. The molecule has 0 aliphatic rings. The fourth-order valence-electron chi connectivity index (χ4n) is 12.8. The highest BCUT2D eigenvalue weighted by molar-refractivity contribution is 5.78. The maximum atomic E-state index is 11.8. The van der Waals surface area contributed by atoms with E-state index >= 15 is 0 Å². The molecule has 120 heavy (non-hydrogen) atoms. The number of pyridine rings is 1. The van der Waals surface area contributed by atoms with Gasteiger partial charge in [-0.3, -0.25) is 4.79 Å². The van der Waals surface area contributed by atoms with Crippen molar-refractivity contribution in [3.63, 3.8) is 0 Å². The van der Waals surface area contributed by atoms with E-state index < -0.39 is 6.09 Å². The Bertz CT molecular complexity index is 4890. The second-order valence-corrected chi connectivity index (χ2v) is 33.2. The second kappa shape index (κ2) is 50.7. The van der Waals surface area contributed by atoms with Crippen molar-refractivity contribution in [1.82, 2.24) is 60.0 Å². The lowest BCUT2D eigenvalue weighted by Crippen LogP contribution is -2.23. The Morgan fingerprint density at radius 2 is 1.11 bits per heavy atom. The van der Waals surface area contributed by atoms with Gasteiger partial charge in [0.05, 0.1) is 71.8 Å². The number of ether oxygens (including phenoxy) is 1. The number of nitrogens with one attached hydrogen (secondary N) is 3. The Balaban J connectivity index is 0.000000200. The average molecular weight is 1630 g/mol. The molecule has 640 valence electrons. The first-order valence-corrected chi connectivity index (χ1v) is 43.4. The van der Waals surface area contributed by atoms with Gasteiger partial charge in [-0.2, -0.15) is 0 Å². The number of amides is 1. The molecule has 0 unspecified atom stereocenters. The highest BCUT2D eigenvalue weighted by Crippen LogP contribution is 2.31. The van der Waals surface area contributed by atoms with Crippen molar-refractivity contribution in [2.75, 3.05) is 19.6 Å². The van der Waals surface area contributed by atoms with E-state index in [4.69, 9.17) is 24.3 Å². The van der Waals surface area contributed by atoms with Crippen LogP contribution in [-0.2, 0) is 61.6 Å². The van der Waals surface area contributed by atoms with Crippen LogP contribution in [0.15, 0.2) is 229 Å². The number of oxazole rings is 2. The molecule has 1 amide bonds. The van der Waals surface area contributed by atoms with E-state index in [0.29, 0.717) is 60.0 Å². The molecule has 0 bridgehead atoms. The number of alkyl carbamates (subject to hydrolysis) is 1. The van der Waals surface area contributed by atoms with Crippen LogP contribution in [0.1, 0.15) is 272 Å². The first-order valence-electron chi connectivity index (χ1n) is 43.4. The van der Waals surface area contributed by atoms with Crippen molar-refractivity contribution in [3.8, 4) is 51.1 Å². The first-order chi connectivity index (χ1) is 57.7. The predicted octanol–water partition coefficient (Wildman–Crippen LogP) is 24.4. The van der Waals surface area contributed by atoms with E-state index in [9.17, 15) is 9.59 Å². The quantitative estimate of drug-likeness (QED) is 0.0276. The summed E-state index contributed by atoms with van der Waals surface area (Å²) >= 11 is 0. The molecular formula is C102H137N13O5. The Labute approximate surface area is 717 Å². The fourth-order valence-corrected chi connectivity index (χ4v) is 12.8. The summed E-state index contributed by atoms with van der Waals surface area (Å²) in [6.07, 6.45) is 23.8. The van der Waals surface area contributed by atoms with Crippen LogP contribution in [0.3, 0.4) is 0 Å². The number of carbonyl (C=O) groups excluding carboxylic acids is 2. The lowest BCUT2D eigenvalue weighted by molar-refractivity contribution is -0.119. The lowest BCUT2D eigenvalue weighted by atomic mass is 9.86. The number of rotatable bonds is 34. The number of nitrogens with zero attached hydrogens (tertiary/aromatic N) is 9. The summed E-state index contributed by atoms with van der Waals surface area (Å²) in [6.45, 7) is 42.6. The number of hydrogen-bond donors (Lipinski definition) is 4. The van der Waals surface area contributed by atoms with E-state index in [1.807, 2.05) is 97.4 Å². The molecule has 12 aromatic rings. The van der Waals surface area contributed by atoms with Crippen LogP contribution in [0.5, 0.6) is 0 Å². The van der Waals surface area contributed by atoms with Crippen LogP contribution >= 0.6 is 0 Å².